The highest BCUT2D eigenvalue weighted by molar-refractivity contribution is 5.76. The normalized spacial score (nSPS) is 17.5. The molecule has 0 aromatic heterocycles. The lowest BCUT2D eigenvalue weighted by molar-refractivity contribution is -0.121. The maximum absolute atomic E-state index is 11.9. The third kappa shape index (κ3) is 4.36. The molecule has 5 nitrogen and oxygen atoms in total. The average molecular weight is 292 g/mol. The number of carbonyl (C=O) groups is 1. The molecule has 116 valence electrons. The zero-order chi connectivity index (χ0) is 15.1. The monoisotopic (exact) mass is 292 g/mol. The number of hydrogen-bond donors (Lipinski definition) is 2. The van der Waals surface area contributed by atoms with Gasteiger partial charge in [-0.15, -0.1) is 0 Å². The fraction of sp³-hybridized carbons (Fsp3) is 0.562. The summed E-state index contributed by atoms with van der Waals surface area (Å²) in [6, 6.07) is 5.67. The van der Waals surface area contributed by atoms with Crippen LogP contribution in [0, 0.1) is 5.92 Å². The van der Waals surface area contributed by atoms with Gasteiger partial charge in [0.25, 0.3) is 0 Å². The third-order valence-electron chi connectivity index (χ3n) is 3.90. The number of carbonyl (C=O) groups excluding carboxylic acids is 1. The van der Waals surface area contributed by atoms with E-state index in [0.717, 1.165) is 25.1 Å². The standard InChI is InChI=1S/C16H24N2O3/c1-20-14-5-3-4-13(16(14)21-2)11-18-15(19)7-6-12-8-9-17-10-12/h3-5,12,17H,6-11H2,1-2H3,(H,18,19). The highest BCUT2D eigenvalue weighted by Crippen LogP contribution is 2.30. The van der Waals surface area contributed by atoms with Gasteiger partial charge in [0, 0.05) is 18.5 Å². The molecule has 1 aliphatic heterocycles. The van der Waals surface area contributed by atoms with E-state index >= 15 is 0 Å². The molecule has 1 unspecified atom stereocenters. The van der Waals surface area contributed by atoms with E-state index in [4.69, 9.17) is 9.47 Å². The summed E-state index contributed by atoms with van der Waals surface area (Å²) in [4.78, 5) is 11.9. The first kappa shape index (κ1) is 15.6. The molecule has 1 amide bonds. The Balaban J connectivity index is 1.83. The molecule has 0 radical (unpaired) electrons. The molecule has 2 N–H and O–H groups in total. The first-order valence-corrected chi connectivity index (χ1v) is 7.42. The number of methoxy groups -OCH3 is 2. The van der Waals surface area contributed by atoms with Crippen molar-refractivity contribution < 1.29 is 14.3 Å². The van der Waals surface area contributed by atoms with Crippen LogP contribution < -0.4 is 20.1 Å². The summed E-state index contributed by atoms with van der Waals surface area (Å²) in [5, 5.41) is 6.27. The van der Waals surface area contributed by atoms with Gasteiger partial charge in [-0.3, -0.25) is 4.79 Å². The summed E-state index contributed by atoms with van der Waals surface area (Å²) in [6.07, 6.45) is 2.71. The minimum atomic E-state index is 0.0896. The maximum Gasteiger partial charge on any atom is 0.220 e. The molecule has 0 spiro atoms. The zero-order valence-electron chi connectivity index (χ0n) is 12.8. The van der Waals surface area contributed by atoms with Crippen molar-refractivity contribution in [2.45, 2.75) is 25.8 Å². The Kier molecular flexibility index (Phi) is 5.87. The Morgan fingerprint density at radius 1 is 1.38 bits per heavy atom. The van der Waals surface area contributed by atoms with Gasteiger partial charge in [-0.2, -0.15) is 0 Å². The topological polar surface area (TPSA) is 59.6 Å². The van der Waals surface area contributed by atoms with Gasteiger partial charge >= 0.3 is 0 Å². The largest absolute Gasteiger partial charge is 0.493 e. The van der Waals surface area contributed by atoms with Gasteiger partial charge in [-0.1, -0.05) is 12.1 Å². The number of para-hydroxylation sites is 1. The fourth-order valence-corrected chi connectivity index (χ4v) is 2.67. The minimum Gasteiger partial charge on any atom is -0.493 e. The molecule has 1 aromatic carbocycles. The van der Waals surface area contributed by atoms with Crippen LogP contribution in [-0.2, 0) is 11.3 Å². The van der Waals surface area contributed by atoms with Crippen LogP contribution in [-0.4, -0.2) is 33.2 Å². The molecule has 5 heteroatoms. The van der Waals surface area contributed by atoms with Crippen LogP contribution in [0.1, 0.15) is 24.8 Å². The molecular formula is C16H24N2O3. The molecule has 0 saturated carbocycles. The van der Waals surface area contributed by atoms with Gasteiger partial charge < -0.3 is 20.1 Å². The average Bonchev–Trinajstić information content (AvgIpc) is 3.03. The minimum absolute atomic E-state index is 0.0896. The first-order valence-electron chi connectivity index (χ1n) is 7.42. The first-order chi connectivity index (χ1) is 10.2. The second-order valence-corrected chi connectivity index (χ2v) is 5.33. The molecule has 1 aromatic rings. The molecule has 1 atom stereocenters. The van der Waals surface area contributed by atoms with E-state index in [1.165, 1.54) is 6.42 Å². The van der Waals surface area contributed by atoms with Crippen LogP contribution in [0.15, 0.2) is 18.2 Å². The second-order valence-electron chi connectivity index (χ2n) is 5.33. The Labute approximate surface area is 126 Å². The lowest BCUT2D eigenvalue weighted by Gasteiger charge is -2.13. The van der Waals surface area contributed by atoms with Crippen LogP contribution in [0.25, 0.3) is 0 Å². The summed E-state index contributed by atoms with van der Waals surface area (Å²) in [5.74, 6) is 2.09. The maximum atomic E-state index is 11.9. The Morgan fingerprint density at radius 2 is 2.24 bits per heavy atom. The molecule has 2 rings (SSSR count). The predicted molar refractivity (Wildman–Crippen MR) is 81.6 cm³/mol. The predicted octanol–water partition coefficient (Wildman–Crippen LogP) is 1.71. The van der Waals surface area contributed by atoms with Crippen LogP contribution >= 0.6 is 0 Å². The molecule has 21 heavy (non-hydrogen) atoms. The van der Waals surface area contributed by atoms with E-state index in [-0.39, 0.29) is 5.91 Å². The number of rotatable bonds is 7. The van der Waals surface area contributed by atoms with Crippen molar-refractivity contribution in [1.29, 1.82) is 0 Å². The molecule has 1 saturated heterocycles. The van der Waals surface area contributed by atoms with E-state index in [1.54, 1.807) is 14.2 Å². The number of benzene rings is 1. The molecule has 0 bridgehead atoms. The van der Waals surface area contributed by atoms with E-state index in [9.17, 15) is 4.79 Å². The molecule has 1 aliphatic rings. The SMILES string of the molecule is COc1cccc(CNC(=O)CCC2CCNC2)c1OC. The van der Waals surface area contributed by atoms with E-state index in [2.05, 4.69) is 10.6 Å². The van der Waals surface area contributed by atoms with E-state index in [0.29, 0.717) is 30.4 Å². The summed E-state index contributed by atoms with van der Waals surface area (Å²) in [5.41, 5.74) is 0.924. The van der Waals surface area contributed by atoms with Gasteiger partial charge in [0.1, 0.15) is 0 Å². The number of ether oxygens (including phenoxy) is 2. The summed E-state index contributed by atoms with van der Waals surface area (Å²) in [7, 11) is 3.21. The van der Waals surface area contributed by atoms with Crippen LogP contribution in [0.5, 0.6) is 11.5 Å². The van der Waals surface area contributed by atoms with Crippen LogP contribution in [0.4, 0.5) is 0 Å². The van der Waals surface area contributed by atoms with Crippen molar-refractivity contribution in [2.75, 3.05) is 27.3 Å². The van der Waals surface area contributed by atoms with Crippen LogP contribution in [0.3, 0.4) is 0 Å². The molecule has 1 heterocycles. The molecular weight excluding hydrogens is 268 g/mol. The van der Waals surface area contributed by atoms with Gasteiger partial charge in [0.15, 0.2) is 11.5 Å². The van der Waals surface area contributed by atoms with Gasteiger partial charge in [-0.05, 0) is 37.9 Å². The van der Waals surface area contributed by atoms with Crippen LogP contribution in [0.2, 0.25) is 0 Å². The van der Waals surface area contributed by atoms with Crippen molar-refractivity contribution in [3.05, 3.63) is 23.8 Å². The highest BCUT2D eigenvalue weighted by atomic mass is 16.5. The van der Waals surface area contributed by atoms with E-state index in [1.807, 2.05) is 18.2 Å². The molecule has 1 fully saturated rings. The van der Waals surface area contributed by atoms with E-state index < -0.39 is 0 Å². The summed E-state index contributed by atoms with van der Waals surface area (Å²) < 4.78 is 10.6. The number of hydrogen-bond acceptors (Lipinski definition) is 4. The third-order valence-corrected chi connectivity index (χ3v) is 3.90. The summed E-state index contributed by atoms with van der Waals surface area (Å²) >= 11 is 0. The van der Waals surface area contributed by atoms with Gasteiger partial charge in [0.2, 0.25) is 5.91 Å². The van der Waals surface area contributed by atoms with Crippen molar-refractivity contribution in [1.82, 2.24) is 10.6 Å². The Morgan fingerprint density at radius 3 is 2.90 bits per heavy atom. The van der Waals surface area contributed by atoms with Gasteiger partial charge in [0.05, 0.1) is 14.2 Å². The number of nitrogens with one attached hydrogen (secondary N) is 2. The quantitative estimate of drug-likeness (QED) is 0.803. The lowest BCUT2D eigenvalue weighted by Crippen LogP contribution is -2.23. The fourth-order valence-electron chi connectivity index (χ4n) is 2.67. The lowest BCUT2D eigenvalue weighted by atomic mass is 10.0. The highest BCUT2D eigenvalue weighted by Gasteiger charge is 2.16. The Hall–Kier alpha value is -1.75. The summed E-state index contributed by atoms with van der Waals surface area (Å²) in [6.45, 7) is 2.58. The molecule has 0 aliphatic carbocycles. The second kappa shape index (κ2) is 7.88. The zero-order valence-corrected chi connectivity index (χ0v) is 12.8. The van der Waals surface area contributed by atoms with Gasteiger partial charge in [-0.25, -0.2) is 0 Å². The smallest absolute Gasteiger partial charge is 0.220 e. The Bertz CT molecular complexity index is 471. The van der Waals surface area contributed by atoms with Crippen molar-refractivity contribution in [3.8, 4) is 11.5 Å². The van der Waals surface area contributed by atoms with Crippen molar-refractivity contribution in [3.63, 3.8) is 0 Å². The number of amides is 1. The van der Waals surface area contributed by atoms with Crippen molar-refractivity contribution >= 4 is 5.91 Å². The van der Waals surface area contributed by atoms with Crippen molar-refractivity contribution in [2.24, 2.45) is 5.92 Å².